The number of aliphatic carboxylic acids is 1. The Kier molecular flexibility index (Phi) is 7.22. The highest BCUT2D eigenvalue weighted by Gasteiger charge is 2.39. The van der Waals surface area contributed by atoms with Crippen molar-refractivity contribution < 1.29 is 41.7 Å². The van der Waals surface area contributed by atoms with Crippen LogP contribution in [0, 0.1) is 5.95 Å². The molecule has 2 unspecified atom stereocenters. The first-order valence-electron chi connectivity index (χ1n) is 10.9. The van der Waals surface area contributed by atoms with Gasteiger partial charge in [-0.3, -0.25) is 9.47 Å². The predicted molar refractivity (Wildman–Crippen MR) is 117 cm³/mol. The fraction of sp³-hybridized carbons (Fsp3) is 0.391. The fourth-order valence-corrected chi connectivity index (χ4v) is 4.32. The number of carbonyl (C=O) groups is 2. The number of alkyl halides is 3. The maximum atomic E-state index is 13.2. The van der Waals surface area contributed by atoms with Crippen LogP contribution in [0.5, 0.6) is 0 Å². The number of morpholine rings is 1. The first-order valence-corrected chi connectivity index (χ1v) is 10.9. The van der Waals surface area contributed by atoms with Crippen LogP contribution in [-0.4, -0.2) is 81.1 Å². The van der Waals surface area contributed by atoms with Gasteiger partial charge in [-0.15, -0.1) is 0 Å². The largest absolute Gasteiger partial charge is 0.490 e. The molecule has 0 aliphatic carbocycles. The van der Waals surface area contributed by atoms with Crippen LogP contribution in [0.15, 0.2) is 42.9 Å². The van der Waals surface area contributed by atoms with E-state index in [9.17, 15) is 22.4 Å². The molecule has 0 saturated carbocycles. The zero-order valence-electron chi connectivity index (χ0n) is 19.0. The summed E-state index contributed by atoms with van der Waals surface area (Å²) in [5.74, 6) is -3.33. The van der Waals surface area contributed by atoms with E-state index >= 15 is 0 Å². The number of hydrogen-bond donors (Lipinski definition) is 1. The summed E-state index contributed by atoms with van der Waals surface area (Å²) >= 11 is 0. The minimum Gasteiger partial charge on any atom is -0.475 e. The quantitative estimate of drug-likeness (QED) is 0.423. The number of carboxylic acid groups (broad SMARTS) is 1. The third-order valence-corrected chi connectivity index (χ3v) is 6.14. The van der Waals surface area contributed by atoms with E-state index in [4.69, 9.17) is 19.4 Å². The molecule has 2 atom stereocenters. The monoisotopic (exact) mass is 510 g/mol. The van der Waals surface area contributed by atoms with Crippen LogP contribution in [-0.2, 0) is 14.3 Å². The number of carbonyl (C=O) groups excluding carboxylic acids is 1. The third-order valence-electron chi connectivity index (χ3n) is 6.14. The molecule has 2 aromatic heterocycles. The third kappa shape index (κ3) is 5.46. The highest BCUT2D eigenvalue weighted by molar-refractivity contribution is 6.04. The van der Waals surface area contributed by atoms with Crippen molar-refractivity contribution in [2.24, 2.45) is 0 Å². The maximum absolute atomic E-state index is 13.2. The van der Waals surface area contributed by atoms with Gasteiger partial charge < -0.3 is 14.6 Å². The van der Waals surface area contributed by atoms with Crippen LogP contribution in [0.25, 0.3) is 16.7 Å². The number of carboxylic acids is 1. The first kappa shape index (κ1) is 25.5. The molecule has 0 radical (unpaired) electrons. The average molecular weight is 510 g/mol. The average Bonchev–Trinajstić information content (AvgIpc) is 3.20. The maximum Gasteiger partial charge on any atom is 0.490 e. The standard InChI is InChI=1S/C21H21FN4O3.C2HF3O2/c1-25-13-6-15(7-14(25)12-28-11-13)29-21(27)17-10-26(18-5-3-2-4-16(17)18)20-9-23-19(22)8-24-20;3-2(4,5)1(6)7/h2-5,8-10,13-15H,6-7,11-12H2,1H3;(H,6,7). The molecule has 192 valence electrons. The molecule has 3 aromatic rings. The summed E-state index contributed by atoms with van der Waals surface area (Å²) in [6, 6.07) is 8.05. The van der Waals surface area contributed by atoms with Crippen molar-refractivity contribution in [2.45, 2.75) is 37.2 Å². The highest BCUT2D eigenvalue weighted by Crippen LogP contribution is 2.30. The number of piperidine rings is 1. The van der Waals surface area contributed by atoms with Gasteiger partial charge >= 0.3 is 18.1 Å². The molecule has 13 heteroatoms. The summed E-state index contributed by atoms with van der Waals surface area (Å²) in [5.41, 5.74) is 1.25. The second-order valence-electron chi connectivity index (χ2n) is 8.44. The molecular weight excluding hydrogens is 488 g/mol. The van der Waals surface area contributed by atoms with Gasteiger partial charge in [0.25, 0.3) is 0 Å². The lowest BCUT2D eigenvalue weighted by Gasteiger charge is -2.46. The summed E-state index contributed by atoms with van der Waals surface area (Å²) in [6.45, 7) is 1.34. The molecule has 36 heavy (non-hydrogen) atoms. The molecule has 5 rings (SSSR count). The number of rotatable bonds is 3. The van der Waals surface area contributed by atoms with Crippen LogP contribution >= 0.6 is 0 Å². The molecule has 9 nitrogen and oxygen atoms in total. The summed E-state index contributed by atoms with van der Waals surface area (Å²) in [7, 11) is 2.10. The van der Waals surface area contributed by atoms with E-state index in [1.165, 1.54) is 6.20 Å². The fourth-order valence-electron chi connectivity index (χ4n) is 4.32. The van der Waals surface area contributed by atoms with E-state index in [0.717, 1.165) is 29.9 Å². The Morgan fingerprint density at radius 1 is 1.11 bits per heavy atom. The SMILES string of the molecule is CN1C2COCC1CC(OC(=O)c1cn(-c3cnc(F)cn3)c3ccccc13)C2.O=C(O)C(F)(F)F. The van der Waals surface area contributed by atoms with Crippen molar-refractivity contribution in [3.05, 3.63) is 54.4 Å². The highest BCUT2D eigenvalue weighted by atomic mass is 19.4. The van der Waals surface area contributed by atoms with Crippen molar-refractivity contribution in [3.63, 3.8) is 0 Å². The summed E-state index contributed by atoms with van der Waals surface area (Å²) in [4.78, 5) is 32.0. The van der Waals surface area contributed by atoms with E-state index in [1.54, 1.807) is 10.8 Å². The molecule has 0 spiro atoms. The van der Waals surface area contributed by atoms with Crippen molar-refractivity contribution in [1.82, 2.24) is 19.4 Å². The van der Waals surface area contributed by atoms with Gasteiger partial charge in [0, 0.05) is 36.5 Å². The first-order chi connectivity index (χ1) is 17.0. The second-order valence-corrected chi connectivity index (χ2v) is 8.44. The number of hydrogen-bond acceptors (Lipinski definition) is 7. The molecule has 4 heterocycles. The number of halogens is 4. The Labute approximate surface area is 202 Å². The number of para-hydroxylation sites is 1. The van der Waals surface area contributed by atoms with Crippen molar-refractivity contribution in [3.8, 4) is 5.82 Å². The van der Waals surface area contributed by atoms with Crippen LogP contribution < -0.4 is 0 Å². The number of benzene rings is 1. The zero-order valence-corrected chi connectivity index (χ0v) is 19.0. The number of ether oxygens (including phenoxy) is 2. The number of aromatic nitrogens is 3. The smallest absolute Gasteiger partial charge is 0.475 e. The van der Waals surface area contributed by atoms with Crippen LogP contribution in [0.1, 0.15) is 23.2 Å². The molecule has 2 aliphatic heterocycles. The molecule has 0 amide bonds. The topological polar surface area (TPSA) is 107 Å². The van der Waals surface area contributed by atoms with E-state index < -0.39 is 18.1 Å². The molecule has 2 fully saturated rings. The van der Waals surface area contributed by atoms with Gasteiger partial charge in [0.2, 0.25) is 5.95 Å². The molecule has 1 N–H and O–H groups in total. The van der Waals surface area contributed by atoms with Crippen molar-refractivity contribution in [1.29, 1.82) is 0 Å². The lowest BCUT2D eigenvalue weighted by Crippen LogP contribution is -2.56. The van der Waals surface area contributed by atoms with Crippen LogP contribution in [0.4, 0.5) is 17.6 Å². The summed E-state index contributed by atoms with van der Waals surface area (Å²) < 4.78 is 58.2. The zero-order chi connectivity index (χ0) is 26.0. The minimum absolute atomic E-state index is 0.134. The molecular formula is C23H22F4N4O5. The lowest BCUT2D eigenvalue weighted by molar-refractivity contribution is -0.192. The Balaban J connectivity index is 0.000000384. The lowest BCUT2D eigenvalue weighted by atomic mass is 9.92. The van der Waals surface area contributed by atoms with Crippen LogP contribution in [0.3, 0.4) is 0 Å². The Hall–Kier alpha value is -3.58. The number of likely N-dealkylation sites (N-methyl/N-ethyl adjacent to an activating group) is 1. The summed E-state index contributed by atoms with van der Waals surface area (Å²) in [6.07, 6.45) is 0.400. The molecule has 2 aliphatic rings. The van der Waals surface area contributed by atoms with E-state index in [2.05, 4.69) is 21.9 Å². The van der Waals surface area contributed by atoms with Gasteiger partial charge in [-0.1, -0.05) is 18.2 Å². The van der Waals surface area contributed by atoms with E-state index in [1.807, 2.05) is 24.3 Å². The Morgan fingerprint density at radius 2 is 1.75 bits per heavy atom. The van der Waals surface area contributed by atoms with Gasteiger partial charge in [0.1, 0.15) is 6.10 Å². The molecule has 1 aromatic carbocycles. The van der Waals surface area contributed by atoms with E-state index in [0.29, 0.717) is 24.6 Å². The van der Waals surface area contributed by atoms with Gasteiger partial charge in [0.15, 0.2) is 5.82 Å². The molecule has 2 bridgehead atoms. The minimum atomic E-state index is -5.08. The Morgan fingerprint density at radius 3 is 2.33 bits per heavy atom. The van der Waals surface area contributed by atoms with Gasteiger partial charge in [0.05, 0.1) is 36.7 Å². The van der Waals surface area contributed by atoms with E-state index in [-0.39, 0.29) is 24.2 Å². The summed E-state index contributed by atoms with van der Waals surface area (Å²) in [5, 5.41) is 7.89. The van der Waals surface area contributed by atoms with Gasteiger partial charge in [-0.05, 0) is 13.1 Å². The number of nitrogens with zero attached hydrogens (tertiary/aromatic N) is 4. The number of esters is 1. The van der Waals surface area contributed by atoms with Crippen molar-refractivity contribution >= 4 is 22.8 Å². The molecule has 2 saturated heterocycles. The van der Waals surface area contributed by atoms with Gasteiger partial charge in [-0.2, -0.15) is 17.6 Å². The second kappa shape index (κ2) is 10.2. The van der Waals surface area contributed by atoms with Crippen LogP contribution in [0.2, 0.25) is 0 Å². The van der Waals surface area contributed by atoms with Gasteiger partial charge in [-0.25, -0.2) is 19.6 Å². The number of fused-ring (bicyclic) bond motifs is 3. The Bertz CT molecular complexity index is 1230. The normalized spacial score (nSPS) is 22.0. The van der Waals surface area contributed by atoms with Crippen molar-refractivity contribution in [2.75, 3.05) is 20.3 Å². The predicted octanol–water partition coefficient (Wildman–Crippen LogP) is 3.21.